The van der Waals surface area contributed by atoms with Gasteiger partial charge in [0.25, 0.3) is 5.91 Å². The summed E-state index contributed by atoms with van der Waals surface area (Å²) in [6.45, 7) is 2.00. The molecule has 0 bridgehead atoms. The van der Waals surface area contributed by atoms with E-state index >= 15 is 0 Å². The lowest BCUT2D eigenvalue weighted by Crippen LogP contribution is -2.41. The summed E-state index contributed by atoms with van der Waals surface area (Å²) < 4.78 is 24.7. The van der Waals surface area contributed by atoms with Crippen molar-refractivity contribution in [1.82, 2.24) is 19.2 Å². The number of hydrogen-bond acceptors (Lipinski definition) is 6. The number of nitrogens with two attached hydrogens (primary N) is 1. The highest BCUT2D eigenvalue weighted by molar-refractivity contribution is 7.88. The van der Waals surface area contributed by atoms with Crippen LogP contribution in [0, 0.1) is 12.8 Å². The highest BCUT2D eigenvalue weighted by Crippen LogP contribution is 2.15. The quantitative estimate of drug-likeness (QED) is 0.721. The van der Waals surface area contributed by atoms with Crippen molar-refractivity contribution in [2.45, 2.75) is 6.92 Å². The zero-order valence-corrected chi connectivity index (χ0v) is 13.8. The Labute approximate surface area is 134 Å². The van der Waals surface area contributed by atoms with E-state index in [0.29, 0.717) is 11.3 Å². The number of sulfonamides is 1. The fourth-order valence-corrected chi connectivity index (χ4v) is 3.29. The van der Waals surface area contributed by atoms with Crippen LogP contribution in [0.1, 0.15) is 16.1 Å². The van der Waals surface area contributed by atoms with Crippen molar-refractivity contribution in [3.05, 3.63) is 23.8 Å². The average molecular weight is 341 g/mol. The van der Waals surface area contributed by atoms with Gasteiger partial charge in [-0.2, -0.15) is 4.31 Å². The molecule has 2 rings (SSSR count). The van der Waals surface area contributed by atoms with Gasteiger partial charge in [0.2, 0.25) is 15.9 Å². The summed E-state index contributed by atoms with van der Waals surface area (Å²) in [5.41, 5.74) is 6.19. The van der Waals surface area contributed by atoms with Gasteiger partial charge in [-0.05, 0) is 6.92 Å². The summed E-state index contributed by atoms with van der Waals surface area (Å²) >= 11 is 0. The first-order valence-corrected chi connectivity index (χ1v) is 8.85. The second kappa shape index (κ2) is 6.59. The minimum absolute atomic E-state index is 0.0256. The molecule has 1 unspecified atom stereocenters. The molecule has 1 aromatic rings. The summed E-state index contributed by atoms with van der Waals surface area (Å²) in [5.74, 6) is -1.75. The van der Waals surface area contributed by atoms with Gasteiger partial charge in [-0.25, -0.2) is 18.4 Å². The summed E-state index contributed by atoms with van der Waals surface area (Å²) in [6.07, 6.45) is 3.81. The molecule has 0 saturated carbocycles. The molecule has 126 valence electrons. The fraction of sp³-hybridized carbons (Fsp3) is 0.538. The Bertz CT molecular complexity index is 721. The van der Waals surface area contributed by atoms with Gasteiger partial charge in [0.15, 0.2) is 0 Å². The Hall–Kier alpha value is -2.07. The fourth-order valence-electron chi connectivity index (χ4n) is 2.42. The Kier molecular flexibility index (Phi) is 4.95. The Morgan fingerprint density at radius 1 is 1.30 bits per heavy atom. The highest BCUT2D eigenvalue weighted by Gasteiger charge is 2.33. The molecule has 2 amide bonds. The molecule has 9 nitrogen and oxygen atoms in total. The molecule has 2 heterocycles. The molecule has 1 fully saturated rings. The molecular formula is C13H19N5O4S. The minimum Gasteiger partial charge on any atom is -0.369 e. The third-order valence-electron chi connectivity index (χ3n) is 3.78. The Balaban J connectivity index is 2.28. The number of amides is 2. The smallest absolute Gasteiger partial charge is 0.257 e. The molecule has 1 aromatic heterocycles. The summed E-state index contributed by atoms with van der Waals surface area (Å²) in [4.78, 5) is 33.4. The van der Waals surface area contributed by atoms with Gasteiger partial charge in [0, 0.05) is 32.4 Å². The third kappa shape index (κ3) is 4.02. The Morgan fingerprint density at radius 3 is 2.57 bits per heavy atom. The largest absolute Gasteiger partial charge is 0.369 e. The van der Waals surface area contributed by atoms with E-state index in [9.17, 15) is 18.0 Å². The molecule has 1 aliphatic rings. The van der Waals surface area contributed by atoms with Crippen LogP contribution >= 0.6 is 0 Å². The first-order chi connectivity index (χ1) is 10.7. The number of rotatable bonds is 3. The summed E-state index contributed by atoms with van der Waals surface area (Å²) in [6, 6.07) is 0. The van der Waals surface area contributed by atoms with Crippen LogP contribution < -0.4 is 5.73 Å². The van der Waals surface area contributed by atoms with Crippen LogP contribution in [-0.2, 0) is 14.8 Å². The lowest BCUT2D eigenvalue weighted by Gasteiger charge is -2.22. The van der Waals surface area contributed by atoms with E-state index in [-0.39, 0.29) is 32.1 Å². The van der Waals surface area contributed by atoms with Crippen molar-refractivity contribution in [2.75, 3.05) is 32.4 Å². The molecule has 1 saturated heterocycles. The van der Waals surface area contributed by atoms with Crippen LogP contribution in [0.25, 0.3) is 0 Å². The highest BCUT2D eigenvalue weighted by atomic mass is 32.2. The van der Waals surface area contributed by atoms with Crippen molar-refractivity contribution < 1.29 is 18.0 Å². The van der Waals surface area contributed by atoms with Crippen molar-refractivity contribution in [1.29, 1.82) is 0 Å². The molecule has 0 radical (unpaired) electrons. The van der Waals surface area contributed by atoms with Gasteiger partial charge in [0.05, 0.1) is 23.4 Å². The maximum atomic E-state index is 12.6. The monoisotopic (exact) mass is 341 g/mol. The van der Waals surface area contributed by atoms with Crippen LogP contribution in [-0.4, -0.2) is 71.8 Å². The zero-order chi connectivity index (χ0) is 17.2. The molecule has 10 heteroatoms. The van der Waals surface area contributed by atoms with Gasteiger partial charge in [-0.3, -0.25) is 9.59 Å². The standard InChI is InChI=1S/C13H19N5O4S/c1-9-11(5-15-8-16-9)13(20)17-3-4-18(23(2,21)22)7-10(6-17)12(14)19/h5,8,10H,3-4,6-7H2,1-2H3,(H2,14,19). The predicted molar refractivity (Wildman–Crippen MR) is 81.8 cm³/mol. The number of carbonyl (C=O) groups is 2. The van der Waals surface area contributed by atoms with Crippen molar-refractivity contribution in [3.8, 4) is 0 Å². The molecule has 1 aliphatic heterocycles. The van der Waals surface area contributed by atoms with E-state index in [1.165, 1.54) is 21.7 Å². The number of nitrogens with zero attached hydrogens (tertiary/aromatic N) is 4. The van der Waals surface area contributed by atoms with E-state index < -0.39 is 21.8 Å². The number of carbonyl (C=O) groups excluding carboxylic acids is 2. The van der Waals surface area contributed by atoms with Crippen LogP contribution in [0.15, 0.2) is 12.5 Å². The average Bonchev–Trinajstić information content (AvgIpc) is 2.70. The van der Waals surface area contributed by atoms with Gasteiger partial charge in [0.1, 0.15) is 6.33 Å². The molecule has 2 N–H and O–H groups in total. The van der Waals surface area contributed by atoms with E-state index in [2.05, 4.69) is 9.97 Å². The number of hydrogen-bond donors (Lipinski definition) is 1. The van der Waals surface area contributed by atoms with Crippen LogP contribution in [0.2, 0.25) is 0 Å². The topological polar surface area (TPSA) is 127 Å². The lowest BCUT2D eigenvalue weighted by atomic mass is 10.1. The maximum Gasteiger partial charge on any atom is 0.257 e. The second-order valence-electron chi connectivity index (χ2n) is 5.49. The molecule has 0 spiro atoms. The van der Waals surface area contributed by atoms with Crippen LogP contribution in [0.5, 0.6) is 0 Å². The Morgan fingerprint density at radius 2 is 2.00 bits per heavy atom. The number of aromatic nitrogens is 2. The van der Waals surface area contributed by atoms with E-state index in [1.54, 1.807) is 6.92 Å². The van der Waals surface area contributed by atoms with Crippen LogP contribution in [0.3, 0.4) is 0 Å². The van der Waals surface area contributed by atoms with Gasteiger partial charge in [-0.1, -0.05) is 0 Å². The van der Waals surface area contributed by atoms with Gasteiger partial charge < -0.3 is 10.6 Å². The lowest BCUT2D eigenvalue weighted by molar-refractivity contribution is -0.122. The molecular weight excluding hydrogens is 322 g/mol. The van der Waals surface area contributed by atoms with E-state index in [1.807, 2.05) is 0 Å². The van der Waals surface area contributed by atoms with Crippen molar-refractivity contribution >= 4 is 21.8 Å². The van der Waals surface area contributed by atoms with Gasteiger partial charge >= 0.3 is 0 Å². The minimum atomic E-state index is -3.47. The second-order valence-corrected chi connectivity index (χ2v) is 7.48. The SMILES string of the molecule is Cc1ncncc1C(=O)N1CCN(S(C)(=O)=O)CC(C(N)=O)C1. The first-order valence-electron chi connectivity index (χ1n) is 7.00. The third-order valence-corrected chi connectivity index (χ3v) is 5.05. The van der Waals surface area contributed by atoms with Crippen molar-refractivity contribution in [2.24, 2.45) is 11.7 Å². The van der Waals surface area contributed by atoms with Gasteiger partial charge in [-0.15, -0.1) is 0 Å². The van der Waals surface area contributed by atoms with E-state index in [4.69, 9.17) is 5.73 Å². The number of primary amides is 1. The van der Waals surface area contributed by atoms with Crippen molar-refractivity contribution in [3.63, 3.8) is 0 Å². The number of aryl methyl sites for hydroxylation is 1. The summed E-state index contributed by atoms with van der Waals surface area (Å²) in [5, 5.41) is 0. The normalized spacial score (nSPS) is 20.1. The van der Waals surface area contributed by atoms with E-state index in [0.717, 1.165) is 6.26 Å². The molecule has 0 aliphatic carbocycles. The first kappa shape index (κ1) is 17.3. The summed E-state index contributed by atoms with van der Waals surface area (Å²) in [7, 11) is -3.47. The molecule has 1 atom stereocenters. The maximum absolute atomic E-state index is 12.6. The molecule has 23 heavy (non-hydrogen) atoms. The molecule has 0 aromatic carbocycles. The van der Waals surface area contributed by atoms with Crippen LogP contribution in [0.4, 0.5) is 0 Å². The predicted octanol–water partition coefficient (Wildman–Crippen LogP) is -1.40. The zero-order valence-electron chi connectivity index (χ0n) is 13.0.